The van der Waals surface area contributed by atoms with Crippen molar-refractivity contribution in [3.05, 3.63) is 42.0 Å². The van der Waals surface area contributed by atoms with Crippen molar-refractivity contribution in [2.45, 2.75) is 19.8 Å². The Morgan fingerprint density at radius 3 is 2.50 bits per heavy atom. The molecule has 0 N–H and O–H groups in total. The van der Waals surface area contributed by atoms with E-state index < -0.39 is 0 Å². The maximum Gasteiger partial charge on any atom is 0.127 e. The van der Waals surface area contributed by atoms with Crippen LogP contribution in [0, 0.1) is 5.82 Å². The van der Waals surface area contributed by atoms with Gasteiger partial charge in [0, 0.05) is 18.8 Å². The minimum atomic E-state index is -0.142. The third kappa shape index (κ3) is 1.98. The van der Waals surface area contributed by atoms with Crippen LogP contribution in [0.25, 0.3) is 11.1 Å². The fourth-order valence-electron chi connectivity index (χ4n) is 1.75. The van der Waals surface area contributed by atoms with Gasteiger partial charge in [-0.2, -0.15) is 5.10 Å². The zero-order valence-electron chi connectivity index (χ0n) is 9.74. The van der Waals surface area contributed by atoms with E-state index in [0.29, 0.717) is 0 Å². The van der Waals surface area contributed by atoms with E-state index in [2.05, 4.69) is 5.10 Å². The summed E-state index contributed by atoms with van der Waals surface area (Å²) >= 11 is 0. The largest absolute Gasteiger partial charge is 0.275 e. The molecule has 0 atom stereocenters. The van der Waals surface area contributed by atoms with Crippen molar-refractivity contribution in [2.75, 3.05) is 0 Å². The Balaban J connectivity index is 2.42. The van der Waals surface area contributed by atoms with E-state index in [-0.39, 0.29) is 11.7 Å². The maximum absolute atomic E-state index is 13.8. The van der Waals surface area contributed by atoms with Crippen LogP contribution in [-0.4, -0.2) is 9.78 Å². The van der Waals surface area contributed by atoms with Crippen LogP contribution in [0.5, 0.6) is 0 Å². The topological polar surface area (TPSA) is 17.8 Å². The fraction of sp³-hybridized carbons (Fsp3) is 0.308. The first-order valence-electron chi connectivity index (χ1n) is 5.36. The van der Waals surface area contributed by atoms with Gasteiger partial charge < -0.3 is 0 Å². The quantitative estimate of drug-likeness (QED) is 0.755. The van der Waals surface area contributed by atoms with Crippen LogP contribution in [0.4, 0.5) is 4.39 Å². The lowest BCUT2D eigenvalue weighted by molar-refractivity contribution is 0.599. The molecule has 0 aliphatic heterocycles. The highest BCUT2D eigenvalue weighted by Gasteiger charge is 2.08. The molecular weight excluding hydrogens is 203 g/mol. The molecule has 2 aromatic rings. The molecule has 1 heterocycles. The number of nitrogens with zero attached hydrogens (tertiary/aromatic N) is 2. The van der Waals surface area contributed by atoms with Gasteiger partial charge >= 0.3 is 0 Å². The van der Waals surface area contributed by atoms with Crippen LogP contribution in [0.15, 0.2) is 30.6 Å². The summed E-state index contributed by atoms with van der Waals surface area (Å²) in [6, 6.07) is 5.37. The number of benzene rings is 1. The summed E-state index contributed by atoms with van der Waals surface area (Å²) in [7, 11) is 1.85. The van der Waals surface area contributed by atoms with Crippen LogP contribution >= 0.6 is 0 Å². The van der Waals surface area contributed by atoms with E-state index >= 15 is 0 Å². The highest BCUT2D eigenvalue weighted by atomic mass is 19.1. The van der Waals surface area contributed by atoms with Gasteiger partial charge in [0.15, 0.2) is 0 Å². The summed E-state index contributed by atoms with van der Waals surface area (Å²) in [5.74, 6) is 0.0688. The molecule has 2 nitrogen and oxygen atoms in total. The van der Waals surface area contributed by atoms with Crippen LogP contribution in [0.2, 0.25) is 0 Å². The molecule has 0 spiro atoms. The molecule has 0 fully saturated rings. The Bertz CT molecular complexity index is 500. The van der Waals surface area contributed by atoms with Crippen molar-refractivity contribution in [1.82, 2.24) is 9.78 Å². The second kappa shape index (κ2) is 4.08. The van der Waals surface area contributed by atoms with E-state index in [1.165, 1.54) is 0 Å². The molecular formula is C13H15FN2. The average molecular weight is 218 g/mol. The Hall–Kier alpha value is -1.64. The van der Waals surface area contributed by atoms with Crippen LogP contribution in [0.3, 0.4) is 0 Å². The summed E-state index contributed by atoms with van der Waals surface area (Å²) in [4.78, 5) is 0. The van der Waals surface area contributed by atoms with Gasteiger partial charge in [-0.3, -0.25) is 4.68 Å². The molecule has 3 heteroatoms. The molecule has 1 aromatic heterocycles. The Kier molecular flexibility index (Phi) is 2.77. The molecule has 16 heavy (non-hydrogen) atoms. The molecule has 0 saturated heterocycles. The monoisotopic (exact) mass is 218 g/mol. The molecule has 0 aliphatic rings. The second-order valence-electron chi connectivity index (χ2n) is 4.29. The average Bonchev–Trinajstić information content (AvgIpc) is 2.64. The van der Waals surface area contributed by atoms with Crippen LogP contribution < -0.4 is 0 Å². The van der Waals surface area contributed by atoms with Crippen molar-refractivity contribution in [1.29, 1.82) is 0 Å². The Morgan fingerprint density at radius 2 is 2.00 bits per heavy atom. The normalized spacial score (nSPS) is 11.1. The van der Waals surface area contributed by atoms with Gasteiger partial charge in [-0.05, 0) is 23.1 Å². The van der Waals surface area contributed by atoms with Crippen LogP contribution in [0.1, 0.15) is 25.3 Å². The van der Waals surface area contributed by atoms with Gasteiger partial charge in [-0.1, -0.05) is 26.0 Å². The molecule has 0 bridgehead atoms. The molecule has 0 radical (unpaired) electrons. The Morgan fingerprint density at radius 1 is 1.25 bits per heavy atom. The molecule has 0 amide bonds. The maximum atomic E-state index is 13.8. The first-order valence-corrected chi connectivity index (χ1v) is 5.36. The SMILES string of the molecule is CC(C)c1ccc(-c2cnn(C)c2)cc1F. The molecule has 0 unspecified atom stereocenters. The van der Waals surface area contributed by atoms with Gasteiger partial charge in [0.1, 0.15) is 5.82 Å². The van der Waals surface area contributed by atoms with Gasteiger partial charge in [-0.15, -0.1) is 0 Å². The van der Waals surface area contributed by atoms with Crippen LogP contribution in [-0.2, 0) is 7.05 Å². The van der Waals surface area contributed by atoms with Gasteiger partial charge in [0.05, 0.1) is 6.20 Å². The lowest BCUT2D eigenvalue weighted by atomic mass is 9.99. The van der Waals surface area contributed by atoms with Crippen molar-refractivity contribution >= 4 is 0 Å². The fourth-order valence-corrected chi connectivity index (χ4v) is 1.75. The molecule has 0 aliphatic carbocycles. The van der Waals surface area contributed by atoms with Gasteiger partial charge in [0.25, 0.3) is 0 Å². The minimum Gasteiger partial charge on any atom is -0.275 e. The molecule has 0 saturated carbocycles. The lowest BCUT2D eigenvalue weighted by Crippen LogP contribution is -1.92. The molecule has 1 aromatic carbocycles. The van der Waals surface area contributed by atoms with Gasteiger partial charge in [0.2, 0.25) is 0 Å². The zero-order valence-corrected chi connectivity index (χ0v) is 9.74. The minimum absolute atomic E-state index is 0.142. The highest BCUT2D eigenvalue weighted by molar-refractivity contribution is 5.62. The predicted octanol–water partition coefficient (Wildman–Crippen LogP) is 3.35. The summed E-state index contributed by atoms with van der Waals surface area (Å²) in [6.07, 6.45) is 3.62. The van der Waals surface area contributed by atoms with Crippen molar-refractivity contribution in [3.63, 3.8) is 0 Å². The van der Waals surface area contributed by atoms with E-state index in [1.54, 1.807) is 16.9 Å². The summed E-state index contributed by atoms with van der Waals surface area (Å²) in [6.45, 7) is 3.98. The zero-order chi connectivity index (χ0) is 11.7. The number of halogens is 1. The Labute approximate surface area is 94.7 Å². The second-order valence-corrected chi connectivity index (χ2v) is 4.29. The number of rotatable bonds is 2. The highest BCUT2D eigenvalue weighted by Crippen LogP contribution is 2.24. The van der Waals surface area contributed by atoms with E-state index in [4.69, 9.17) is 0 Å². The third-order valence-corrected chi connectivity index (χ3v) is 2.66. The van der Waals surface area contributed by atoms with E-state index in [9.17, 15) is 4.39 Å². The van der Waals surface area contributed by atoms with E-state index in [1.807, 2.05) is 39.2 Å². The number of hydrogen-bond acceptors (Lipinski definition) is 1. The van der Waals surface area contributed by atoms with Gasteiger partial charge in [-0.25, -0.2) is 4.39 Å². The predicted molar refractivity (Wildman–Crippen MR) is 62.7 cm³/mol. The number of hydrogen-bond donors (Lipinski definition) is 0. The first kappa shape index (κ1) is 10.9. The first-order chi connectivity index (χ1) is 7.58. The summed E-state index contributed by atoms with van der Waals surface area (Å²) in [5.41, 5.74) is 2.57. The summed E-state index contributed by atoms with van der Waals surface area (Å²) in [5, 5.41) is 4.07. The molecule has 2 rings (SSSR count). The van der Waals surface area contributed by atoms with Crippen molar-refractivity contribution in [3.8, 4) is 11.1 Å². The molecule has 84 valence electrons. The summed E-state index contributed by atoms with van der Waals surface area (Å²) < 4.78 is 15.5. The standard InChI is InChI=1S/C13H15FN2/c1-9(2)12-5-4-10(6-13(12)14)11-7-15-16(3)8-11/h4-9H,1-3H3. The number of aryl methyl sites for hydroxylation is 1. The third-order valence-electron chi connectivity index (χ3n) is 2.66. The smallest absolute Gasteiger partial charge is 0.127 e. The van der Waals surface area contributed by atoms with Crippen molar-refractivity contribution < 1.29 is 4.39 Å². The lowest BCUT2D eigenvalue weighted by Gasteiger charge is -2.07. The van der Waals surface area contributed by atoms with Crippen molar-refractivity contribution in [2.24, 2.45) is 7.05 Å². The number of aromatic nitrogens is 2. The van der Waals surface area contributed by atoms with E-state index in [0.717, 1.165) is 16.7 Å².